The lowest BCUT2D eigenvalue weighted by atomic mass is 9.58. The Bertz CT molecular complexity index is 1540. The molecule has 202 valence electrons. The Labute approximate surface area is 221 Å². The molecule has 3 aliphatic rings. The summed E-state index contributed by atoms with van der Waals surface area (Å²) in [6, 6.07) is 7.45. The molecule has 0 radical (unpaired) electrons. The topological polar surface area (TPSA) is 205 Å². The molecule has 5 rings (SSSR count). The van der Waals surface area contributed by atoms with Crippen LogP contribution in [0, 0.1) is 22.0 Å². The van der Waals surface area contributed by atoms with Crippen molar-refractivity contribution in [3.05, 3.63) is 80.3 Å². The van der Waals surface area contributed by atoms with Gasteiger partial charge in [-0.25, -0.2) is 0 Å². The number of hydrogen-bond donors (Lipinski definition) is 5. The number of aliphatic hydroxyl groups is 3. The molecular formula is C27H25N3O9. The van der Waals surface area contributed by atoms with Gasteiger partial charge in [0.15, 0.2) is 11.4 Å². The predicted octanol–water partition coefficient (Wildman–Crippen LogP) is 1.70. The van der Waals surface area contributed by atoms with Gasteiger partial charge >= 0.3 is 0 Å². The number of nitro benzene ring substituents is 1. The number of non-ortho nitro benzene ring substituents is 1. The first-order valence-corrected chi connectivity index (χ1v) is 12.0. The highest BCUT2D eigenvalue weighted by molar-refractivity contribution is 6.24. The normalized spacial score (nSPS) is 26.3. The van der Waals surface area contributed by atoms with Crippen LogP contribution in [0.15, 0.2) is 59.1 Å². The van der Waals surface area contributed by atoms with Crippen molar-refractivity contribution >= 4 is 23.2 Å². The summed E-state index contributed by atoms with van der Waals surface area (Å²) >= 11 is 0. The highest BCUT2D eigenvalue weighted by Crippen LogP contribution is 2.53. The maximum absolute atomic E-state index is 13.8. The van der Waals surface area contributed by atoms with E-state index in [1.54, 1.807) is 20.2 Å². The summed E-state index contributed by atoms with van der Waals surface area (Å²) in [6.45, 7) is 0. The standard InChI is InChI=1S/C27H25N3O9/c1-29(2)21-16-10-12-9-15-14(11-3-5-13(6-4-11)30(38)39)7-8-17(31)19(15)22(32)18(12)24(34)27(16,37)25(35)20(23(21)33)26(28)36/h3-8,12,16,21,31,33-34,37H,9-10H2,1-2H3,(H2,28,36)/t12-,16-,21-,27-/m0/s1. The summed E-state index contributed by atoms with van der Waals surface area (Å²) < 4.78 is 0. The van der Waals surface area contributed by atoms with Gasteiger partial charge in [0.05, 0.1) is 16.5 Å². The number of amides is 1. The smallest absolute Gasteiger partial charge is 0.269 e. The van der Waals surface area contributed by atoms with E-state index in [9.17, 15) is 44.9 Å². The third-order valence-electron chi connectivity index (χ3n) is 8.00. The Balaban J connectivity index is 1.70. The summed E-state index contributed by atoms with van der Waals surface area (Å²) in [6.07, 6.45) is 0.0659. The summed E-state index contributed by atoms with van der Waals surface area (Å²) in [5.41, 5.74) is 2.76. The van der Waals surface area contributed by atoms with Crippen LogP contribution in [-0.4, -0.2) is 73.5 Å². The van der Waals surface area contributed by atoms with Crippen molar-refractivity contribution in [2.24, 2.45) is 17.6 Å². The Hall–Kier alpha value is -4.55. The van der Waals surface area contributed by atoms with Gasteiger partial charge in [-0.05, 0) is 67.7 Å². The van der Waals surface area contributed by atoms with Gasteiger partial charge in [0.1, 0.15) is 22.8 Å². The molecule has 0 bridgehead atoms. The maximum Gasteiger partial charge on any atom is 0.269 e. The number of nitrogens with two attached hydrogens (primary N) is 1. The van der Waals surface area contributed by atoms with E-state index in [1.807, 2.05) is 0 Å². The van der Waals surface area contributed by atoms with Crippen molar-refractivity contribution in [1.29, 1.82) is 0 Å². The van der Waals surface area contributed by atoms with Crippen LogP contribution in [0.25, 0.3) is 11.1 Å². The Morgan fingerprint density at radius 1 is 1.10 bits per heavy atom. The molecule has 39 heavy (non-hydrogen) atoms. The molecule has 12 nitrogen and oxygen atoms in total. The molecule has 12 heteroatoms. The molecule has 2 aromatic carbocycles. The van der Waals surface area contributed by atoms with E-state index in [-0.39, 0.29) is 35.4 Å². The summed E-state index contributed by atoms with van der Waals surface area (Å²) in [4.78, 5) is 51.2. The minimum Gasteiger partial charge on any atom is -0.510 e. The van der Waals surface area contributed by atoms with E-state index in [1.165, 1.54) is 35.2 Å². The van der Waals surface area contributed by atoms with E-state index in [4.69, 9.17) is 5.73 Å². The van der Waals surface area contributed by atoms with Gasteiger partial charge in [-0.2, -0.15) is 0 Å². The van der Waals surface area contributed by atoms with Crippen molar-refractivity contribution in [1.82, 2.24) is 4.90 Å². The van der Waals surface area contributed by atoms with Crippen molar-refractivity contribution in [3.8, 4) is 16.9 Å². The number of Topliss-reactive ketones (excluding diaryl/α,β-unsaturated/α-hetero) is 2. The Morgan fingerprint density at radius 3 is 2.31 bits per heavy atom. The van der Waals surface area contributed by atoms with Crippen LogP contribution in [-0.2, 0) is 16.0 Å². The predicted molar refractivity (Wildman–Crippen MR) is 136 cm³/mol. The molecule has 0 aliphatic heterocycles. The summed E-state index contributed by atoms with van der Waals surface area (Å²) in [7, 11) is 3.11. The number of aliphatic hydroxyl groups excluding tert-OH is 2. The summed E-state index contributed by atoms with van der Waals surface area (Å²) in [5.74, 6) is -7.23. The van der Waals surface area contributed by atoms with Crippen molar-refractivity contribution < 1.29 is 39.7 Å². The van der Waals surface area contributed by atoms with Crippen LogP contribution in [0.2, 0.25) is 0 Å². The highest BCUT2D eigenvalue weighted by atomic mass is 16.6. The number of nitrogens with zero attached hydrogens (tertiary/aromatic N) is 2. The molecule has 0 unspecified atom stereocenters. The lowest BCUT2D eigenvalue weighted by Crippen LogP contribution is -2.63. The first-order valence-electron chi connectivity index (χ1n) is 12.0. The summed E-state index contributed by atoms with van der Waals surface area (Å²) in [5, 5.41) is 55.6. The van der Waals surface area contributed by atoms with E-state index < -0.39 is 63.0 Å². The first kappa shape index (κ1) is 26.1. The van der Waals surface area contributed by atoms with Gasteiger partial charge in [0.2, 0.25) is 5.78 Å². The number of phenolic OH excluding ortho intramolecular Hbond substituents is 1. The number of primary amides is 1. The van der Waals surface area contributed by atoms with E-state index >= 15 is 0 Å². The number of likely N-dealkylation sites (N-methyl/N-ethyl adjacent to an activating group) is 1. The molecule has 0 heterocycles. The molecule has 4 atom stereocenters. The Morgan fingerprint density at radius 2 is 1.74 bits per heavy atom. The fourth-order valence-electron chi connectivity index (χ4n) is 6.28. The zero-order valence-corrected chi connectivity index (χ0v) is 20.9. The van der Waals surface area contributed by atoms with Crippen LogP contribution >= 0.6 is 0 Å². The zero-order chi connectivity index (χ0) is 28.5. The molecule has 6 N–H and O–H groups in total. The van der Waals surface area contributed by atoms with Crippen molar-refractivity contribution in [2.45, 2.75) is 24.5 Å². The number of carbonyl (C=O) groups excluding carboxylic acids is 3. The fraction of sp³-hybridized carbons (Fsp3) is 0.296. The second-order valence-electron chi connectivity index (χ2n) is 10.3. The maximum atomic E-state index is 13.8. The van der Waals surface area contributed by atoms with Gasteiger partial charge in [0.25, 0.3) is 11.6 Å². The largest absolute Gasteiger partial charge is 0.510 e. The lowest BCUT2D eigenvalue weighted by molar-refractivity contribution is -0.384. The molecule has 0 saturated carbocycles. The van der Waals surface area contributed by atoms with Gasteiger partial charge in [-0.1, -0.05) is 6.07 Å². The number of phenols is 1. The molecular weight excluding hydrogens is 510 g/mol. The Kier molecular flexibility index (Phi) is 5.85. The molecule has 0 aromatic heterocycles. The van der Waals surface area contributed by atoms with E-state index in [0.29, 0.717) is 16.7 Å². The zero-order valence-electron chi connectivity index (χ0n) is 20.9. The van der Waals surface area contributed by atoms with Crippen molar-refractivity contribution in [3.63, 3.8) is 0 Å². The number of rotatable bonds is 4. The van der Waals surface area contributed by atoms with Crippen LogP contribution in [0.3, 0.4) is 0 Å². The average Bonchev–Trinajstić information content (AvgIpc) is 2.86. The average molecular weight is 536 g/mol. The third kappa shape index (κ3) is 3.56. The third-order valence-corrected chi connectivity index (χ3v) is 8.00. The van der Waals surface area contributed by atoms with E-state index in [0.717, 1.165) is 0 Å². The van der Waals surface area contributed by atoms with Crippen LogP contribution in [0.4, 0.5) is 5.69 Å². The lowest BCUT2D eigenvalue weighted by Gasteiger charge is -2.50. The van der Waals surface area contributed by atoms with Gasteiger partial charge in [-0.15, -0.1) is 0 Å². The molecule has 1 amide bonds. The van der Waals surface area contributed by atoms with Gasteiger partial charge < -0.3 is 26.2 Å². The molecule has 0 spiro atoms. The van der Waals surface area contributed by atoms with Crippen LogP contribution in [0.5, 0.6) is 5.75 Å². The number of fused-ring (bicyclic) bond motifs is 3. The number of nitro groups is 1. The number of aromatic hydroxyl groups is 1. The van der Waals surface area contributed by atoms with Gasteiger partial charge in [-0.3, -0.25) is 29.4 Å². The molecule has 3 aliphatic carbocycles. The first-order chi connectivity index (χ1) is 18.3. The minimum atomic E-state index is -2.71. The van der Waals surface area contributed by atoms with Crippen LogP contribution < -0.4 is 5.73 Å². The molecule has 0 saturated heterocycles. The van der Waals surface area contributed by atoms with Crippen LogP contribution in [0.1, 0.15) is 22.3 Å². The SMILES string of the molecule is CN(C)[C@@H]1C(O)=C(C(N)=O)C(=O)[C@@]2(O)C(O)=C3C(=O)c4c(O)ccc(-c5ccc([N+](=O)[O-])cc5)c4C[C@H]3C[C@@H]12. The van der Waals surface area contributed by atoms with Crippen molar-refractivity contribution in [2.75, 3.05) is 14.1 Å². The van der Waals surface area contributed by atoms with E-state index in [2.05, 4.69) is 0 Å². The monoisotopic (exact) mass is 535 g/mol. The number of ketones is 2. The fourth-order valence-corrected chi connectivity index (χ4v) is 6.28. The number of allylic oxidation sites excluding steroid dienone is 1. The second kappa shape index (κ2) is 8.75. The number of hydrogen-bond acceptors (Lipinski definition) is 10. The quantitative estimate of drug-likeness (QED) is 0.218. The highest BCUT2D eigenvalue weighted by Gasteiger charge is 2.63. The van der Waals surface area contributed by atoms with Gasteiger partial charge in [0, 0.05) is 23.6 Å². The molecule has 0 fully saturated rings. The molecule has 2 aromatic rings. The second-order valence-corrected chi connectivity index (χ2v) is 10.3. The number of carbonyl (C=O) groups is 3. The number of benzene rings is 2. The minimum absolute atomic E-state index is 0.0406.